The molecule has 9 heteroatoms. The molecule has 0 amide bonds. The molecule has 0 fully saturated rings. The van der Waals surface area contributed by atoms with Gasteiger partial charge in [0.15, 0.2) is 5.43 Å². The third kappa shape index (κ3) is 6.72. The molecule has 0 aliphatic carbocycles. The third-order valence-corrected chi connectivity index (χ3v) is 5.97. The molecule has 0 aliphatic rings. The van der Waals surface area contributed by atoms with Gasteiger partial charge >= 0.3 is 11.9 Å². The Labute approximate surface area is 238 Å². The standard InChI is InChI=1S/C33H22O9/c34-23-9-1-20(2-10-23)5-15-31(38)40-25-13-7-22(8-14-25)29-19-28(37)33-27(36)17-26(18-30(33)42-29)41-32(39)16-6-21-3-11-24(35)12-4-21/h1-19,34-36H/b15-5+,16-6+. The van der Waals surface area contributed by atoms with Crippen molar-refractivity contribution >= 4 is 35.1 Å². The summed E-state index contributed by atoms with van der Waals surface area (Å²) in [6.45, 7) is 0. The predicted molar refractivity (Wildman–Crippen MR) is 155 cm³/mol. The first-order valence-electron chi connectivity index (χ1n) is 12.5. The van der Waals surface area contributed by atoms with Crippen LogP contribution in [-0.2, 0) is 9.59 Å². The molecule has 5 aromatic rings. The van der Waals surface area contributed by atoms with E-state index in [9.17, 15) is 29.7 Å². The number of carbonyl (C=O) groups is 2. The highest BCUT2D eigenvalue weighted by Crippen LogP contribution is 2.32. The van der Waals surface area contributed by atoms with Gasteiger partial charge in [0.1, 0.15) is 45.5 Å². The topological polar surface area (TPSA) is 144 Å². The van der Waals surface area contributed by atoms with Crippen LogP contribution in [0.15, 0.2) is 112 Å². The van der Waals surface area contributed by atoms with E-state index in [1.54, 1.807) is 42.5 Å². The van der Waals surface area contributed by atoms with Crippen molar-refractivity contribution < 1.29 is 38.8 Å². The van der Waals surface area contributed by atoms with Gasteiger partial charge in [0.2, 0.25) is 0 Å². The van der Waals surface area contributed by atoms with Gasteiger partial charge in [-0.2, -0.15) is 0 Å². The number of phenolic OH excluding ortho intramolecular Hbond substituents is 3. The smallest absolute Gasteiger partial charge is 0.336 e. The highest BCUT2D eigenvalue weighted by molar-refractivity contribution is 5.91. The summed E-state index contributed by atoms with van der Waals surface area (Å²) in [4.78, 5) is 37.3. The van der Waals surface area contributed by atoms with E-state index in [0.29, 0.717) is 16.7 Å². The van der Waals surface area contributed by atoms with Crippen LogP contribution in [0.2, 0.25) is 0 Å². The lowest BCUT2D eigenvalue weighted by atomic mass is 10.1. The summed E-state index contributed by atoms with van der Waals surface area (Å²) in [6.07, 6.45) is 5.47. The Kier molecular flexibility index (Phi) is 7.83. The summed E-state index contributed by atoms with van der Waals surface area (Å²) in [5, 5.41) is 29.0. The second-order valence-electron chi connectivity index (χ2n) is 9.01. The zero-order valence-corrected chi connectivity index (χ0v) is 21.8. The molecule has 0 aliphatic heterocycles. The summed E-state index contributed by atoms with van der Waals surface area (Å²) in [5.74, 6) is -1.15. The van der Waals surface area contributed by atoms with Crippen molar-refractivity contribution in [3.8, 4) is 40.1 Å². The molecule has 208 valence electrons. The number of hydrogen-bond donors (Lipinski definition) is 3. The average Bonchev–Trinajstić information content (AvgIpc) is 2.96. The maximum atomic E-state index is 12.8. The van der Waals surface area contributed by atoms with Crippen molar-refractivity contribution in [2.45, 2.75) is 0 Å². The first-order valence-corrected chi connectivity index (χ1v) is 12.5. The van der Waals surface area contributed by atoms with Crippen molar-refractivity contribution in [3.63, 3.8) is 0 Å². The molecule has 0 unspecified atom stereocenters. The van der Waals surface area contributed by atoms with Crippen LogP contribution < -0.4 is 14.9 Å². The summed E-state index contributed by atoms with van der Waals surface area (Å²) >= 11 is 0. The van der Waals surface area contributed by atoms with E-state index in [2.05, 4.69) is 0 Å². The number of rotatable bonds is 7. The highest BCUT2D eigenvalue weighted by atomic mass is 16.5. The molecular formula is C33H22O9. The monoisotopic (exact) mass is 562 g/mol. The van der Waals surface area contributed by atoms with Gasteiger partial charge in [0, 0.05) is 35.9 Å². The number of esters is 2. The fraction of sp³-hybridized carbons (Fsp3) is 0. The van der Waals surface area contributed by atoms with Gasteiger partial charge in [0.25, 0.3) is 0 Å². The van der Waals surface area contributed by atoms with Crippen LogP contribution >= 0.6 is 0 Å². The Morgan fingerprint density at radius 2 is 1.17 bits per heavy atom. The number of aromatic hydroxyl groups is 3. The first-order chi connectivity index (χ1) is 20.2. The summed E-state index contributed by atoms with van der Waals surface area (Å²) < 4.78 is 16.4. The van der Waals surface area contributed by atoms with Gasteiger partial charge in [0.05, 0.1) is 0 Å². The van der Waals surface area contributed by atoms with E-state index in [1.807, 2.05) is 0 Å². The molecule has 1 aromatic heterocycles. The molecule has 0 radical (unpaired) electrons. The lowest BCUT2D eigenvalue weighted by molar-refractivity contribution is -0.129. The van der Waals surface area contributed by atoms with Crippen LogP contribution in [0, 0.1) is 0 Å². The number of benzene rings is 4. The molecule has 3 N–H and O–H groups in total. The van der Waals surface area contributed by atoms with Crippen molar-refractivity contribution in [1.82, 2.24) is 0 Å². The van der Waals surface area contributed by atoms with Gasteiger partial charge in [-0.05, 0) is 71.8 Å². The van der Waals surface area contributed by atoms with Crippen LogP contribution in [-0.4, -0.2) is 27.3 Å². The van der Waals surface area contributed by atoms with Crippen LogP contribution in [0.1, 0.15) is 11.1 Å². The summed E-state index contributed by atoms with van der Waals surface area (Å²) in [5.41, 5.74) is 1.35. The Balaban J connectivity index is 1.31. The van der Waals surface area contributed by atoms with E-state index >= 15 is 0 Å². The quantitative estimate of drug-likeness (QED) is 0.127. The summed E-state index contributed by atoms with van der Waals surface area (Å²) in [6, 6.07) is 22.4. The second kappa shape index (κ2) is 12.0. The fourth-order valence-corrected chi connectivity index (χ4v) is 3.93. The molecule has 42 heavy (non-hydrogen) atoms. The first kappa shape index (κ1) is 27.5. The van der Waals surface area contributed by atoms with Crippen molar-refractivity contribution in [1.29, 1.82) is 0 Å². The predicted octanol–water partition coefficient (Wildman–Crippen LogP) is 5.81. The minimum absolute atomic E-state index is 0.00214. The lowest BCUT2D eigenvalue weighted by Gasteiger charge is -2.08. The molecule has 0 spiro atoms. The number of carbonyl (C=O) groups excluding carboxylic acids is 2. The van der Waals surface area contributed by atoms with E-state index in [-0.39, 0.29) is 39.7 Å². The van der Waals surface area contributed by atoms with E-state index < -0.39 is 23.1 Å². The van der Waals surface area contributed by atoms with Gasteiger partial charge in [-0.15, -0.1) is 0 Å². The van der Waals surface area contributed by atoms with Crippen molar-refractivity contribution in [3.05, 3.63) is 124 Å². The van der Waals surface area contributed by atoms with Gasteiger partial charge in [-0.1, -0.05) is 24.3 Å². The highest BCUT2D eigenvalue weighted by Gasteiger charge is 2.14. The Morgan fingerprint density at radius 3 is 1.71 bits per heavy atom. The van der Waals surface area contributed by atoms with E-state index in [4.69, 9.17) is 13.9 Å². The average molecular weight is 563 g/mol. The van der Waals surface area contributed by atoms with E-state index in [0.717, 1.165) is 6.07 Å². The molecule has 0 saturated heterocycles. The number of phenols is 3. The molecule has 0 atom stereocenters. The Bertz CT molecular complexity index is 1880. The molecular weight excluding hydrogens is 540 g/mol. The van der Waals surface area contributed by atoms with Crippen LogP contribution in [0.5, 0.6) is 28.7 Å². The van der Waals surface area contributed by atoms with E-state index in [1.165, 1.54) is 66.8 Å². The largest absolute Gasteiger partial charge is 0.508 e. The Morgan fingerprint density at radius 1 is 0.643 bits per heavy atom. The third-order valence-electron chi connectivity index (χ3n) is 5.97. The number of fused-ring (bicyclic) bond motifs is 1. The zero-order valence-electron chi connectivity index (χ0n) is 21.8. The van der Waals surface area contributed by atoms with Gasteiger partial charge < -0.3 is 29.2 Å². The van der Waals surface area contributed by atoms with Gasteiger partial charge in [-0.25, -0.2) is 9.59 Å². The lowest BCUT2D eigenvalue weighted by Crippen LogP contribution is -2.05. The number of hydrogen-bond acceptors (Lipinski definition) is 9. The fourth-order valence-electron chi connectivity index (χ4n) is 3.93. The molecule has 9 nitrogen and oxygen atoms in total. The van der Waals surface area contributed by atoms with Gasteiger partial charge in [-0.3, -0.25) is 4.79 Å². The minimum Gasteiger partial charge on any atom is -0.508 e. The SMILES string of the molecule is O=C(/C=C/c1ccc(O)cc1)Oc1ccc(-c2cc(=O)c3c(O)cc(OC(=O)/C=C/c4ccc(O)cc4)cc3o2)cc1. The van der Waals surface area contributed by atoms with Crippen LogP contribution in [0.25, 0.3) is 34.4 Å². The molecule has 1 heterocycles. The zero-order chi connectivity index (χ0) is 29.6. The summed E-state index contributed by atoms with van der Waals surface area (Å²) in [7, 11) is 0. The Hall–Kier alpha value is -6.09. The molecule has 4 aromatic carbocycles. The maximum Gasteiger partial charge on any atom is 0.336 e. The molecule has 5 rings (SSSR count). The van der Waals surface area contributed by atoms with Crippen molar-refractivity contribution in [2.24, 2.45) is 0 Å². The van der Waals surface area contributed by atoms with Crippen LogP contribution in [0.4, 0.5) is 0 Å². The minimum atomic E-state index is -0.733. The molecule has 0 bridgehead atoms. The van der Waals surface area contributed by atoms with Crippen molar-refractivity contribution in [2.75, 3.05) is 0 Å². The van der Waals surface area contributed by atoms with Crippen LogP contribution in [0.3, 0.4) is 0 Å². The maximum absolute atomic E-state index is 12.8. The number of ether oxygens (including phenoxy) is 2. The second-order valence-corrected chi connectivity index (χ2v) is 9.01. The normalized spacial score (nSPS) is 11.2. The molecule has 0 saturated carbocycles.